The second-order valence-corrected chi connectivity index (χ2v) is 3.64. The molecule has 0 unspecified atom stereocenters. The first kappa shape index (κ1) is 12.8. The van der Waals surface area contributed by atoms with Crippen LogP contribution in [0.5, 0.6) is 5.75 Å². The average molecular weight is 259 g/mol. The van der Waals surface area contributed by atoms with Crippen LogP contribution in [0.4, 0.5) is 0 Å². The van der Waals surface area contributed by atoms with E-state index in [-0.39, 0.29) is 11.8 Å². The summed E-state index contributed by atoms with van der Waals surface area (Å²) in [4.78, 5) is 11.6. The Morgan fingerprint density at radius 3 is 3.11 bits per heavy atom. The molecule has 0 aliphatic carbocycles. The van der Waals surface area contributed by atoms with Gasteiger partial charge in [-0.2, -0.15) is 0 Å². The first-order valence-corrected chi connectivity index (χ1v) is 5.61. The topological polar surface area (TPSA) is 77.2 Å². The third kappa shape index (κ3) is 2.98. The zero-order valence-corrected chi connectivity index (χ0v) is 10.4. The monoisotopic (exact) mass is 259 g/mol. The first-order chi connectivity index (χ1) is 9.24. The lowest BCUT2D eigenvalue weighted by atomic mass is 10.2. The van der Waals surface area contributed by atoms with Gasteiger partial charge in [0, 0.05) is 12.1 Å². The number of hydrogen-bond donors (Lipinski definition) is 1. The predicted octanol–water partition coefficient (Wildman–Crippen LogP) is 1.66. The van der Waals surface area contributed by atoms with Crippen molar-refractivity contribution in [3.8, 4) is 17.2 Å². The molecular weight excluding hydrogens is 246 g/mol. The highest BCUT2D eigenvalue weighted by Crippen LogP contribution is 2.22. The van der Waals surface area contributed by atoms with Gasteiger partial charge >= 0.3 is 11.8 Å². The smallest absolute Gasteiger partial charge is 0.309 e. The largest absolute Gasteiger partial charge is 0.497 e. The molecule has 1 heterocycles. The molecule has 1 aromatic carbocycles. The van der Waals surface area contributed by atoms with Gasteiger partial charge in [-0.3, -0.25) is 4.79 Å². The number of nitrogens with zero attached hydrogens (tertiary/aromatic N) is 2. The van der Waals surface area contributed by atoms with Crippen molar-refractivity contribution in [1.82, 2.24) is 15.5 Å². The van der Waals surface area contributed by atoms with Gasteiger partial charge in [-0.05, 0) is 18.2 Å². The maximum Gasteiger partial charge on any atom is 0.309 e. The van der Waals surface area contributed by atoms with Crippen LogP contribution >= 0.6 is 0 Å². The standard InChI is InChI=1S/C13H13N3O3/c1-3-7-14-11(17)13-16-15-12(19-13)9-5-4-6-10(8-9)18-2/h3-6,8H,1,7H2,2H3,(H,14,17). The molecule has 2 aromatic rings. The molecule has 6 nitrogen and oxygen atoms in total. The van der Waals surface area contributed by atoms with E-state index in [0.29, 0.717) is 17.9 Å². The molecule has 1 amide bonds. The Morgan fingerprint density at radius 2 is 2.37 bits per heavy atom. The maximum atomic E-state index is 11.6. The maximum absolute atomic E-state index is 11.6. The Kier molecular flexibility index (Phi) is 3.92. The zero-order chi connectivity index (χ0) is 13.7. The van der Waals surface area contributed by atoms with Gasteiger partial charge in [-0.1, -0.05) is 12.1 Å². The summed E-state index contributed by atoms with van der Waals surface area (Å²) < 4.78 is 10.4. The van der Waals surface area contributed by atoms with Crippen molar-refractivity contribution in [3.05, 3.63) is 42.8 Å². The summed E-state index contributed by atoms with van der Waals surface area (Å²) in [5.74, 6) is 0.428. The minimum Gasteiger partial charge on any atom is -0.497 e. The number of nitrogens with one attached hydrogen (secondary N) is 1. The van der Waals surface area contributed by atoms with Crippen molar-refractivity contribution in [2.45, 2.75) is 0 Å². The van der Waals surface area contributed by atoms with Crippen LogP contribution in [0.15, 0.2) is 41.3 Å². The van der Waals surface area contributed by atoms with Crippen LogP contribution in [0.3, 0.4) is 0 Å². The molecule has 0 saturated heterocycles. The molecule has 0 bridgehead atoms. The molecule has 0 aliphatic rings. The quantitative estimate of drug-likeness (QED) is 0.826. The lowest BCUT2D eigenvalue weighted by Crippen LogP contribution is -2.23. The van der Waals surface area contributed by atoms with Crippen LogP contribution in [0.1, 0.15) is 10.7 Å². The molecule has 0 aliphatic heterocycles. The average Bonchev–Trinajstić information content (AvgIpc) is 2.94. The number of rotatable bonds is 5. The molecule has 0 spiro atoms. The molecule has 6 heteroatoms. The minimum atomic E-state index is -0.429. The summed E-state index contributed by atoms with van der Waals surface area (Å²) >= 11 is 0. The van der Waals surface area contributed by atoms with Crippen LogP contribution in [-0.2, 0) is 0 Å². The molecule has 0 atom stereocenters. The molecule has 1 N–H and O–H groups in total. The van der Waals surface area contributed by atoms with Gasteiger partial charge < -0.3 is 14.5 Å². The number of methoxy groups -OCH3 is 1. The van der Waals surface area contributed by atoms with E-state index < -0.39 is 5.91 Å². The van der Waals surface area contributed by atoms with E-state index in [9.17, 15) is 4.79 Å². The molecule has 0 fully saturated rings. The van der Waals surface area contributed by atoms with E-state index in [0.717, 1.165) is 0 Å². The fourth-order valence-corrected chi connectivity index (χ4v) is 1.43. The Labute approximate surface area is 110 Å². The number of amides is 1. The number of carbonyl (C=O) groups excluding carboxylic acids is 1. The number of benzene rings is 1. The van der Waals surface area contributed by atoms with E-state index in [2.05, 4.69) is 22.1 Å². The molecule has 19 heavy (non-hydrogen) atoms. The summed E-state index contributed by atoms with van der Waals surface area (Å²) in [5.41, 5.74) is 0.689. The van der Waals surface area contributed by atoms with Gasteiger partial charge in [0.05, 0.1) is 7.11 Å². The lowest BCUT2D eigenvalue weighted by Gasteiger charge is -2.00. The van der Waals surface area contributed by atoms with Crippen molar-refractivity contribution in [2.75, 3.05) is 13.7 Å². The molecule has 2 rings (SSSR count). The number of hydrogen-bond acceptors (Lipinski definition) is 5. The van der Waals surface area contributed by atoms with Gasteiger partial charge in [0.25, 0.3) is 0 Å². The lowest BCUT2D eigenvalue weighted by molar-refractivity contribution is 0.0924. The van der Waals surface area contributed by atoms with Crippen LogP contribution in [0, 0.1) is 0 Å². The molecule has 0 saturated carbocycles. The van der Waals surface area contributed by atoms with Crippen molar-refractivity contribution >= 4 is 5.91 Å². The normalized spacial score (nSPS) is 9.95. The summed E-state index contributed by atoms with van der Waals surface area (Å²) in [5, 5.41) is 10.1. The van der Waals surface area contributed by atoms with Crippen molar-refractivity contribution in [3.63, 3.8) is 0 Å². The second-order valence-electron chi connectivity index (χ2n) is 3.64. The molecule has 98 valence electrons. The third-order valence-electron chi connectivity index (χ3n) is 2.34. The molecule has 1 aromatic heterocycles. The van der Waals surface area contributed by atoms with E-state index in [4.69, 9.17) is 9.15 Å². The SMILES string of the molecule is C=CCNC(=O)c1nnc(-c2cccc(OC)c2)o1. The fraction of sp³-hybridized carbons (Fsp3) is 0.154. The van der Waals surface area contributed by atoms with Gasteiger partial charge in [-0.25, -0.2) is 0 Å². The Balaban J connectivity index is 2.20. The Hall–Kier alpha value is -2.63. The van der Waals surface area contributed by atoms with Gasteiger partial charge in [-0.15, -0.1) is 16.8 Å². The summed E-state index contributed by atoms with van der Waals surface area (Å²) in [6, 6.07) is 7.15. The minimum absolute atomic E-state index is 0.0836. The molecular formula is C13H13N3O3. The zero-order valence-electron chi connectivity index (χ0n) is 10.4. The number of ether oxygens (including phenoxy) is 1. The van der Waals surface area contributed by atoms with E-state index in [1.54, 1.807) is 37.5 Å². The van der Waals surface area contributed by atoms with E-state index in [1.807, 2.05) is 0 Å². The first-order valence-electron chi connectivity index (χ1n) is 5.61. The van der Waals surface area contributed by atoms with Crippen molar-refractivity contribution in [2.24, 2.45) is 0 Å². The predicted molar refractivity (Wildman–Crippen MR) is 68.8 cm³/mol. The molecule has 0 radical (unpaired) electrons. The van der Waals surface area contributed by atoms with Crippen LogP contribution in [0.25, 0.3) is 11.5 Å². The highest BCUT2D eigenvalue weighted by Gasteiger charge is 2.15. The highest BCUT2D eigenvalue weighted by atomic mass is 16.5. The Bertz CT molecular complexity index is 592. The van der Waals surface area contributed by atoms with Crippen molar-refractivity contribution in [1.29, 1.82) is 0 Å². The third-order valence-corrected chi connectivity index (χ3v) is 2.34. The van der Waals surface area contributed by atoms with Crippen molar-refractivity contribution < 1.29 is 13.9 Å². The van der Waals surface area contributed by atoms with Gasteiger partial charge in [0.1, 0.15) is 5.75 Å². The van der Waals surface area contributed by atoms with Gasteiger partial charge in [0.2, 0.25) is 5.89 Å². The second kappa shape index (κ2) is 5.81. The van der Waals surface area contributed by atoms with E-state index >= 15 is 0 Å². The fourth-order valence-electron chi connectivity index (χ4n) is 1.43. The number of aromatic nitrogens is 2. The van der Waals surface area contributed by atoms with Crippen LogP contribution in [0.2, 0.25) is 0 Å². The summed E-state index contributed by atoms with van der Waals surface area (Å²) in [7, 11) is 1.57. The van der Waals surface area contributed by atoms with Crippen LogP contribution in [-0.4, -0.2) is 29.8 Å². The van der Waals surface area contributed by atoms with E-state index in [1.165, 1.54) is 0 Å². The Morgan fingerprint density at radius 1 is 1.53 bits per heavy atom. The number of carbonyl (C=O) groups is 1. The van der Waals surface area contributed by atoms with Gasteiger partial charge in [0.15, 0.2) is 0 Å². The summed E-state index contributed by atoms with van der Waals surface area (Å²) in [6.07, 6.45) is 1.57. The van der Waals surface area contributed by atoms with Crippen LogP contribution < -0.4 is 10.1 Å². The highest BCUT2D eigenvalue weighted by molar-refractivity contribution is 5.89. The summed E-state index contributed by atoms with van der Waals surface area (Å²) in [6.45, 7) is 3.85.